The summed E-state index contributed by atoms with van der Waals surface area (Å²) in [6.45, 7) is 9.47. The third-order valence-corrected chi connectivity index (χ3v) is 9.52. The van der Waals surface area contributed by atoms with Gasteiger partial charge in [-0.1, -0.05) is 56.1 Å². The third kappa shape index (κ3) is 6.92. The summed E-state index contributed by atoms with van der Waals surface area (Å²) < 4.78 is 20.3. The van der Waals surface area contributed by atoms with Crippen LogP contribution in [0.5, 0.6) is 17.2 Å². The van der Waals surface area contributed by atoms with E-state index < -0.39 is 0 Å². The summed E-state index contributed by atoms with van der Waals surface area (Å²) in [5, 5.41) is 0. The lowest BCUT2D eigenvalue weighted by molar-refractivity contribution is -0.938. The second kappa shape index (κ2) is 14.1. The Balaban J connectivity index is 1.56. The highest BCUT2D eigenvalue weighted by molar-refractivity contribution is 9.10. The summed E-state index contributed by atoms with van der Waals surface area (Å²) in [6.07, 6.45) is 2.64. The maximum atomic E-state index is 13.9. The third-order valence-electron chi connectivity index (χ3n) is 8.47. The Morgan fingerprint density at radius 2 is 1.39 bits per heavy atom. The summed E-state index contributed by atoms with van der Waals surface area (Å²) >= 11 is 7.09. The Morgan fingerprint density at radius 1 is 0.805 bits per heavy atom. The van der Waals surface area contributed by atoms with E-state index in [1.807, 2.05) is 23.1 Å². The van der Waals surface area contributed by atoms with Crippen molar-refractivity contribution in [1.82, 2.24) is 4.90 Å². The first-order valence-electron chi connectivity index (χ1n) is 14.3. The molecule has 1 atom stereocenters. The number of halogens is 2. The van der Waals surface area contributed by atoms with E-state index >= 15 is 0 Å². The van der Waals surface area contributed by atoms with Gasteiger partial charge in [-0.15, -0.1) is 0 Å². The summed E-state index contributed by atoms with van der Waals surface area (Å²) in [5.74, 6) is 1.61. The van der Waals surface area contributed by atoms with Crippen LogP contribution >= 0.6 is 31.9 Å². The first-order valence-corrected chi connectivity index (χ1v) is 15.9. The summed E-state index contributed by atoms with van der Waals surface area (Å²) in [5.41, 5.74) is 4.01. The van der Waals surface area contributed by atoms with E-state index in [2.05, 4.69) is 82.1 Å². The molecule has 0 aliphatic carbocycles. The highest BCUT2D eigenvalue weighted by atomic mass is 79.9. The number of amides is 1. The smallest absolute Gasteiger partial charge is 0.255 e. The monoisotopic (exact) mass is 687 g/mol. The molecule has 8 heteroatoms. The molecule has 0 fully saturated rings. The van der Waals surface area contributed by atoms with Crippen molar-refractivity contribution in [3.8, 4) is 17.2 Å². The normalized spacial score (nSPS) is 14.8. The molecule has 0 aromatic heterocycles. The number of benzene rings is 3. The van der Waals surface area contributed by atoms with Gasteiger partial charge in [0, 0.05) is 26.6 Å². The fraction of sp³-hybridized carbons (Fsp3) is 0.424. The molecule has 4 rings (SSSR count). The number of ether oxygens (including phenoxy) is 3. The van der Waals surface area contributed by atoms with Crippen molar-refractivity contribution in [2.75, 3.05) is 47.5 Å². The zero-order valence-electron chi connectivity index (χ0n) is 24.7. The van der Waals surface area contributed by atoms with E-state index in [0.29, 0.717) is 35.8 Å². The van der Waals surface area contributed by atoms with Gasteiger partial charge in [0.15, 0.2) is 11.5 Å². The fourth-order valence-corrected chi connectivity index (χ4v) is 6.53. The van der Waals surface area contributed by atoms with Gasteiger partial charge in [0.1, 0.15) is 6.54 Å². The topological polar surface area (TPSA) is 48.0 Å². The Hall–Kier alpha value is -2.55. The van der Waals surface area contributed by atoms with Crippen LogP contribution in [0.3, 0.4) is 0 Å². The van der Waals surface area contributed by atoms with Gasteiger partial charge in [0.25, 0.3) is 5.91 Å². The van der Waals surface area contributed by atoms with Gasteiger partial charge >= 0.3 is 0 Å². The maximum absolute atomic E-state index is 13.9. The van der Waals surface area contributed by atoms with Crippen molar-refractivity contribution in [2.45, 2.75) is 45.7 Å². The van der Waals surface area contributed by atoms with Gasteiger partial charge in [0.05, 0.1) is 52.6 Å². The average Bonchev–Trinajstić information content (AvgIpc) is 3.25. The lowest BCUT2D eigenvalue weighted by Gasteiger charge is -2.37. The molecule has 0 N–H and O–H groups in total. The van der Waals surface area contributed by atoms with Gasteiger partial charge in [-0.3, -0.25) is 4.79 Å². The van der Waals surface area contributed by atoms with E-state index in [-0.39, 0.29) is 11.9 Å². The number of methoxy groups -OCH3 is 3. The Morgan fingerprint density at radius 3 is 1.93 bits per heavy atom. The van der Waals surface area contributed by atoms with Crippen LogP contribution in [0.25, 0.3) is 0 Å². The molecule has 1 amide bonds. The molecule has 0 spiro atoms. The molecule has 0 saturated carbocycles. The number of hydrogen-bond donors (Lipinski definition) is 0. The molecule has 220 valence electrons. The largest absolute Gasteiger partial charge is 0.493 e. The van der Waals surface area contributed by atoms with Crippen LogP contribution in [0.4, 0.5) is 0 Å². The number of carbonyl (C=O) groups excluding carboxylic acids is 1. The van der Waals surface area contributed by atoms with E-state index in [9.17, 15) is 4.79 Å². The first-order chi connectivity index (χ1) is 19.8. The number of fused-ring (bicyclic) bond motifs is 1. The van der Waals surface area contributed by atoms with Crippen LogP contribution in [-0.4, -0.2) is 62.8 Å². The van der Waals surface area contributed by atoms with Crippen molar-refractivity contribution in [1.29, 1.82) is 0 Å². The molecule has 0 radical (unpaired) electrons. The molecule has 6 nitrogen and oxygen atoms in total. The average molecular weight is 690 g/mol. The van der Waals surface area contributed by atoms with Gasteiger partial charge in [-0.2, -0.15) is 0 Å². The van der Waals surface area contributed by atoms with Crippen molar-refractivity contribution < 1.29 is 23.5 Å². The maximum Gasteiger partial charge on any atom is 0.255 e. The van der Waals surface area contributed by atoms with Crippen molar-refractivity contribution >= 4 is 37.8 Å². The van der Waals surface area contributed by atoms with E-state index in [0.717, 1.165) is 63.6 Å². The predicted molar refractivity (Wildman–Crippen MR) is 171 cm³/mol. The standard InChI is InChI=1S/C33H41Br2N2O4/c1-6-37(7-2,22-24-12-16-26(35)17-13-24)19-9-8-18-36-28(20-23-10-14-25(34)15-11-23)30-27(33(36)38)21-29(39-3)31(40-4)32(30)41-5/h10-17,21,28H,6-9,18-20,22H2,1-5H3/q+1. The quantitative estimate of drug-likeness (QED) is 0.128. The fourth-order valence-electron chi connectivity index (χ4n) is 6.00. The first kappa shape index (κ1) is 31.4. The minimum Gasteiger partial charge on any atom is -0.493 e. The minimum absolute atomic E-state index is 0.0166. The number of carbonyl (C=O) groups is 1. The SMILES string of the molecule is CC[N+](CC)(CCCCN1C(=O)c2cc(OC)c(OC)c(OC)c2C1Cc1ccc(Br)cc1)Cc1ccc(Br)cc1. The van der Waals surface area contributed by atoms with Crippen molar-refractivity contribution in [3.63, 3.8) is 0 Å². The van der Waals surface area contributed by atoms with Crippen LogP contribution < -0.4 is 14.2 Å². The molecule has 1 unspecified atom stereocenters. The molecule has 41 heavy (non-hydrogen) atoms. The molecule has 1 heterocycles. The van der Waals surface area contributed by atoms with E-state index in [1.165, 1.54) is 5.56 Å². The number of hydrogen-bond acceptors (Lipinski definition) is 4. The van der Waals surface area contributed by atoms with Crippen LogP contribution in [0.2, 0.25) is 0 Å². The molecule has 0 saturated heterocycles. The molecular weight excluding hydrogens is 648 g/mol. The zero-order valence-corrected chi connectivity index (χ0v) is 27.9. The molecule has 1 aliphatic heterocycles. The molecule has 1 aliphatic rings. The Labute approximate surface area is 261 Å². The summed E-state index contributed by atoms with van der Waals surface area (Å²) in [6, 6.07) is 18.6. The molecular formula is C33H41Br2N2O4+. The number of nitrogens with zero attached hydrogens (tertiary/aromatic N) is 2. The molecule has 3 aromatic carbocycles. The number of quaternary nitrogens is 1. The second-order valence-corrected chi connectivity index (χ2v) is 12.5. The Bertz CT molecular complexity index is 1320. The Kier molecular flexibility index (Phi) is 10.8. The van der Waals surface area contributed by atoms with E-state index in [4.69, 9.17) is 14.2 Å². The van der Waals surface area contributed by atoms with Gasteiger partial charge in [0.2, 0.25) is 5.75 Å². The van der Waals surface area contributed by atoms with Crippen molar-refractivity contribution in [2.24, 2.45) is 0 Å². The summed E-state index contributed by atoms with van der Waals surface area (Å²) in [4.78, 5) is 15.9. The van der Waals surface area contributed by atoms with Crippen LogP contribution in [0.15, 0.2) is 63.5 Å². The van der Waals surface area contributed by atoms with Crippen LogP contribution in [0.1, 0.15) is 59.8 Å². The highest BCUT2D eigenvalue weighted by Gasteiger charge is 2.41. The number of rotatable bonds is 14. The highest BCUT2D eigenvalue weighted by Crippen LogP contribution is 2.50. The second-order valence-electron chi connectivity index (χ2n) is 10.6. The van der Waals surface area contributed by atoms with Crippen molar-refractivity contribution in [3.05, 3.63) is 85.8 Å². The lowest BCUT2D eigenvalue weighted by Crippen LogP contribution is -2.47. The van der Waals surface area contributed by atoms with Gasteiger partial charge in [-0.05, 0) is 69.0 Å². The number of unbranched alkanes of at least 4 members (excludes halogenated alkanes) is 1. The molecule has 3 aromatic rings. The predicted octanol–water partition coefficient (Wildman–Crippen LogP) is 7.81. The van der Waals surface area contributed by atoms with Crippen LogP contribution in [-0.2, 0) is 13.0 Å². The minimum atomic E-state index is -0.159. The zero-order chi connectivity index (χ0) is 29.6. The molecule has 0 bridgehead atoms. The summed E-state index contributed by atoms with van der Waals surface area (Å²) in [7, 11) is 4.81. The van der Waals surface area contributed by atoms with Gasteiger partial charge in [-0.25, -0.2) is 0 Å². The lowest BCUT2D eigenvalue weighted by atomic mass is 9.96. The van der Waals surface area contributed by atoms with Crippen LogP contribution in [0, 0.1) is 0 Å². The van der Waals surface area contributed by atoms with E-state index in [1.54, 1.807) is 21.3 Å². The van der Waals surface area contributed by atoms with Gasteiger partial charge < -0.3 is 23.6 Å².